The highest BCUT2D eigenvalue weighted by atomic mass is 19.4. The topological polar surface area (TPSA) is 122 Å². The van der Waals surface area contributed by atoms with E-state index in [1.165, 1.54) is 25.3 Å². The number of hydrogen-bond acceptors (Lipinski definition) is 5. The molecule has 1 aliphatic heterocycles. The summed E-state index contributed by atoms with van der Waals surface area (Å²) in [4.78, 5) is 52.7. The van der Waals surface area contributed by atoms with Gasteiger partial charge >= 0.3 is 11.9 Å². The Labute approximate surface area is 197 Å². The molecule has 2 amide bonds. The molecule has 2 heterocycles. The van der Waals surface area contributed by atoms with Gasteiger partial charge in [-0.3, -0.25) is 19.4 Å². The molecule has 1 aromatic heterocycles. The van der Waals surface area contributed by atoms with Crippen LogP contribution in [0.4, 0.5) is 19.0 Å². The molecule has 1 fully saturated rings. The van der Waals surface area contributed by atoms with Crippen LogP contribution in [0.5, 0.6) is 5.75 Å². The lowest BCUT2D eigenvalue weighted by atomic mass is 9.85. The van der Waals surface area contributed by atoms with E-state index in [1.807, 2.05) is 10.3 Å². The molecule has 4 rings (SSSR count). The molecule has 2 aliphatic rings. The highest BCUT2D eigenvalue weighted by molar-refractivity contribution is 6.07. The Morgan fingerprint density at radius 1 is 1.20 bits per heavy atom. The van der Waals surface area contributed by atoms with Crippen molar-refractivity contribution >= 4 is 17.6 Å². The van der Waals surface area contributed by atoms with E-state index in [0.717, 1.165) is 36.7 Å². The van der Waals surface area contributed by atoms with Gasteiger partial charge in [-0.2, -0.15) is 13.2 Å². The van der Waals surface area contributed by atoms with E-state index in [0.29, 0.717) is 6.42 Å². The molecule has 0 unspecified atom stereocenters. The van der Waals surface area contributed by atoms with Crippen LogP contribution in [0.25, 0.3) is 5.69 Å². The minimum absolute atomic E-state index is 0.0451. The molecule has 1 saturated carbocycles. The molecule has 3 N–H and O–H groups in total. The number of carbonyl (C=O) groups is 2. The number of nitrogens with one attached hydrogen (secondary N) is 3. The lowest BCUT2D eigenvalue weighted by Crippen LogP contribution is -2.62. The van der Waals surface area contributed by atoms with Crippen molar-refractivity contribution in [2.45, 2.75) is 56.7 Å². The maximum absolute atomic E-state index is 14.5. The molecular formula is C23H25F3N4O5. The minimum Gasteiger partial charge on any atom is -0.497 e. The number of methoxy groups -OCH3 is 1. The van der Waals surface area contributed by atoms with Crippen LogP contribution in [0.3, 0.4) is 0 Å². The van der Waals surface area contributed by atoms with Crippen LogP contribution >= 0.6 is 0 Å². The number of aromatic amines is 1. The summed E-state index contributed by atoms with van der Waals surface area (Å²) >= 11 is 0. The van der Waals surface area contributed by atoms with Crippen LogP contribution in [0.1, 0.15) is 50.5 Å². The number of aromatic nitrogens is 2. The number of carbonyl (C=O) groups excluding carboxylic acids is 2. The monoisotopic (exact) mass is 494 g/mol. The molecule has 0 saturated heterocycles. The fourth-order valence-corrected chi connectivity index (χ4v) is 4.86. The number of rotatable bonds is 6. The van der Waals surface area contributed by atoms with E-state index in [4.69, 9.17) is 4.74 Å². The van der Waals surface area contributed by atoms with Crippen molar-refractivity contribution in [1.29, 1.82) is 0 Å². The number of H-pyrrole nitrogens is 1. The zero-order valence-electron chi connectivity index (χ0n) is 19.0. The molecule has 2 aromatic rings. The second kappa shape index (κ2) is 9.23. The third-order valence-electron chi connectivity index (χ3n) is 6.63. The molecule has 0 spiro atoms. The number of hydrogen-bond donors (Lipinski definition) is 3. The number of alkyl halides is 3. The fourth-order valence-electron chi connectivity index (χ4n) is 4.86. The zero-order valence-corrected chi connectivity index (χ0v) is 19.0. The number of anilines is 1. The molecule has 35 heavy (non-hydrogen) atoms. The third kappa shape index (κ3) is 4.32. The van der Waals surface area contributed by atoms with E-state index in [9.17, 15) is 32.3 Å². The molecule has 188 valence electrons. The number of amides is 2. The molecular weight excluding hydrogens is 469 g/mol. The van der Waals surface area contributed by atoms with Crippen LogP contribution in [0.2, 0.25) is 0 Å². The molecule has 9 nitrogen and oxygen atoms in total. The van der Waals surface area contributed by atoms with E-state index >= 15 is 0 Å². The summed E-state index contributed by atoms with van der Waals surface area (Å²) < 4.78 is 49.3. The minimum atomic E-state index is -5.37. The van der Waals surface area contributed by atoms with E-state index in [-0.39, 0.29) is 23.8 Å². The maximum Gasteiger partial charge on any atom is 0.425 e. The summed E-state index contributed by atoms with van der Waals surface area (Å²) in [7, 11) is 1.36. The van der Waals surface area contributed by atoms with E-state index in [2.05, 4.69) is 0 Å². The first kappa shape index (κ1) is 24.6. The number of halogens is 3. The Balaban J connectivity index is 1.78. The smallest absolute Gasteiger partial charge is 0.425 e. The van der Waals surface area contributed by atoms with Gasteiger partial charge in [0.25, 0.3) is 11.5 Å². The van der Waals surface area contributed by atoms with Gasteiger partial charge < -0.3 is 15.4 Å². The number of fused-ring (bicyclic) bond motifs is 1. The van der Waals surface area contributed by atoms with Gasteiger partial charge in [0.05, 0.1) is 12.8 Å². The van der Waals surface area contributed by atoms with Gasteiger partial charge in [-0.05, 0) is 24.5 Å². The SMILES string of the molecule is COc1cccc(-n2c3c(c(=O)[nH]c2=O)[C@@](NC(=O)CCC2CCCCC2)(C(F)(F)F)C(=O)N3)c1. The Morgan fingerprint density at radius 2 is 1.91 bits per heavy atom. The van der Waals surface area contributed by atoms with Crippen molar-refractivity contribution in [1.82, 2.24) is 14.9 Å². The standard InChI is InChI=1S/C23H25F3N4O5/c1-35-15-9-5-8-14(12-15)30-18-17(19(32)28-21(30)34)22(20(33)27-18,23(24,25)26)29-16(31)11-10-13-6-3-2-4-7-13/h5,8-9,12-13H,2-4,6-7,10-11H2,1H3,(H,27,33)(H,29,31)(H,28,32,34)/t22-/m0/s1. The summed E-state index contributed by atoms with van der Waals surface area (Å²) in [6, 6.07) is 5.78. The van der Waals surface area contributed by atoms with Crippen molar-refractivity contribution in [3.05, 3.63) is 50.7 Å². The first-order valence-electron chi connectivity index (χ1n) is 11.3. The summed E-state index contributed by atoms with van der Waals surface area (Å²) in [6.07, 6.45) is -0.314. The normalized spacial score (nSPS) is 20.3. The van der Waals surface area contributed by atoms with Crippen LogP contribution in [-0.4, -0.2) is 34.7 Å². The lowest BCUT2D eigenvalue weighted by Gasteiger charge is -2.30. The second-order valence-electron chi connectivity index (χ2n) is 8.81. The van der Waals surface area contributed by atoms with Gasteiger partial charge in [0.15, 0.2) is 0 Å². The van der Waals surface area contributed by atoms with Gasteiger partial charge in [0.1, 0.15) is 17.1 Å². The van der Waals surface area contributed by atoms with E-state index < -0.39 is 46.2 Å². The average Bonchev–Trinajstić information content (AvgIpc) is 3.11. The summed E-state index contributed by atoms with van der Waals surface area (Å²) in [6.45, 7) is 0. The number of nitrogens with zero attached hydrogens (tertiary/aromatic N) is 1. The number of benzene rings is 1. The van der Waals surface area contributed by atoms with Crippen LogP contribution in [0, 0.1) is 5.92 Å². The molecule has 12 heteroatoms. The highest BCUT2D eigenvalue weighted by Crippen LogP contribution is 2.45. The largest absolute Gasteiger partial charge is 0.497 e. The Hall–Kier alpha value is -3.57. The van der Waals surface area contributed by atoms with Crippen molar-refractivity contribution in [2.75, 3.05) is 12.4 Å². The number of ether oxygens (including phenoxy) is 1. The summed E-state index contributed by atoms with van der Waals surface area (Å²) in [5.41, 5.74) is -7.18. The Morgan fingerprint density at radius 3 is 2.57 bits per heavy atom. The highest BCUT2D eigenvalue weighted by Gasteiger charge is 2.68. The molecule has 1 aromatic carbocycles. The van der Waals surface area contributed by atoms with Gasteiger partial charge in [-0.25, -0.2) is 9.36 Å². The van der Waals surface area contributed by atoms with Crippen LogP contribution in [-0.2, 0) is 15.1 Å². The summed E-state index contributed by atoms with van der Waals surface area (Å²) in [5, 5.41) is 3.82. The zero-order chi connectivity index (χ0) is 25.4. The molecule has 0 bridgehead atoms. The van der Waals surface area contributed by atoms with Crippen LogP contribution in [0.15, 0.2) is 33.9 Å². The van der Waals surface area contributed by atoms with E-state index in [1.54, 1.807) is 11.4 Å². The van der Waals surface area contributed by atoms with Gasteiger partial charge in [0, 0.05) is 12.5 Å². The fraction of sp³-hybridized carbons (Fsp3) is 0.478. The Bertz CT molecular complexity index is 1260. The first-order chi connectivity index (χ1) is 16.6. The third-order valence-corrected chi connectivity index (χ3v) is 6.63. The van der Waals surface area contributed by atoms with Crippen molar-refractivity contribution in [3.63, 3.8) is 0 Å². The predicted octanol–water partition coefficient (Wildman–Crippen LogP) is 2.72. The quantitative estimate of drug-likeness (QED) is 0.570. The van der Waals surface area contributed by atoms with Crippen molar-refractivity contribution < 1.29 is 27.5 Å². The van der Waals surface area contributed by atoms with Crippen molar-refractivity contribution in [3.8, 4) is 11.4 Å². The van der Waals surface area contributed by atoms with Crippen molar-refractivity contribution in [2.24, 2.45) is 5.92 Å². The average molecular weight is 494 g/mol. The van der Waals surface area contributed by atoms with Crippen LogP contribution < -0.4 is 26.6 Å². The maximum atomic E-state index is 14.5. The van der Waals surface area contributed by atoms with Gasteiger partial charge in [-0.15, -0.1) is 0 Å². The summed E-state index contributed by atoms with van der Waals surface area (Å²) in [5.74, 6) is -2.82. The van der Waals surface area contributed by atoms with Gasteiger partial charge in [-0.1, -0.05) is 38.2 Å². The molecule has 1 aliphatic carbocycles. The van der Waals surface area contributed by atoms with Gasteiger partial charge in [0.2, 0.25) is 11.4 Å². The first-order valence-corrected chi connectivity index (χ1v) is 11.3. The predicted molar refractivity (Wildman–Crippen MR) is 120 cm³/mol. The Kier molecular flexibility index (Phi) is 6.48. The lowest BCUT2D eigenvalue weighted by molar-refractivity contribution is -0.200. The molecule has 0 radical (unpaired) electrons. The molecule has 1 atom stereocenters. The second-order valence-corrected chi connectivity index (χ2v) is 8.81.